The van der Waals surface area contributed by atoms with Crippen molar-refractivity contribution < 1.29 is 13.6 Å². The second-order valence-electron chi connectivity index (χ2n) is 5.85. The molecule has 1 N–H and O–H groups in total. The van der Waals surface area contributed by atoms with E-state index in [1.807, 2.05) is 0 Å². The molecule has 1 unspecified atom stereocenters. The summed E-state index contributed by atoms with van der Waals surface area (Å²) in [5, 5.41) is 3.25. The van der Waals surface area contributed by atoms with E-state index in [0.29, 0.717) is 12.1 Å². The van der Waals surface area contributed by atoms with Crippen LogP contribution in [0, 0.1) is 17.0 Å². The van der Waals surface area contributed by atoms with Gasteiger partial charge in [0.15, 0.2) is 0 Å². The summed E-state index contributed by atoms with van der Waals surface area (Å²) in [7, 11) is 1.77. The first kappa shape index (κ1) is 16.2. The van der Waals surface area contributed by atoms with Gasteiger partial charge in [0.25, 0.3) is 0 Å². The Balaban J connectivity index is 0.00000161. The van der Waals surface area contributed by atoms with Gasteiger partial charge in [0.2, 0.25) is 5.91 Å². The monoisotopic (exact) mass is 316 g/mol. The van der Waals surface area contributed by atoms with Crippen LogP contribution in [-0.4, -0.2) is 37.5 Å². The molecule has 1 amide bonds. The molecule has 116 valence electrons. The number of benzene rings is 1. The SMILES string of the molecule is CN1CC(c2cc(F)cc(F)c2)C2(CCNCC2)C1=O.Cl. The molecule has 1 atom stereocenters. The first-order valence-corrected chi connectivity index (χ1v) is 6.95. The summed E-state index contributed by atoms with van der Waals surface area (Å²) in [4.78, 5) is 14.2. The van der Waals surface area contributed by atoms with Crippen molar-refractivity contribution in [1.29, 1.82) is 0 Å². The number of carbonyl (C=O) groups excluding carboxylic acids is 1. The van der Waals surface area contributed by atoms with Crippen LogP contribution in [0.4, 0.5) is 8.78 Å². The van der Waals surface area contributed by atoms with Crippen LogP contribution in [0.25, 0.3) is 0 Å². The first-order chi connectivity index (χ1) is 9.53. The topological polar surface area (TPSA) is 32.3 Å². The van der Waals surface area contributed by atoms with Gasteiger partial charge in [-0.25, -0.2) is 8.78 Å². The number of likely N-dealkylation sites (N-methyl/N-ethyl adjacent to an activating group) is 1. The number of nitrogens with zero attached hydrogens (tertiary/aromatic N) is 1. The Morgan fingerprint density at radius 3 is 2.33 bits per heavy atom. The fourth-order valence-corrected chi connectivity index (χ4v) is 3.70. The van der Waals surface area contributed by atoms with Crippen LogP contribution in [0.3, 0.4) is 0 Å². The minimum absolute atomic E-state index is 0. The fourth-order valence-electron chi connectivity index (χ4n) is 3.70. The van der Waals surface area contributed by atoms with E-state index in [1.54, 1.807) is 11.9 Å². The van der Waals surface area contributed by atoms with Crippen molar-refractivity contribution in [3.05, 3.63) is 35.4 Å². The number of hydrogen-bond acceptors (Lipinski definition) is 2. The van der Waals surface area contributed by atoms with E-state index in [1.165, 1.54) is 12.1 Å². The number of rotatable bonds is 1. The van der Waals surface area contributed by atoms with Crippen molar-refractivity contribution in [3.63, 3.8) is 0 Å². The standard InChI is InChI=1S/C15H18F2N2O.ClH/c1-19-9-13(10-6-11(16)8-12(17)7-10)15(14(19)20)2-4-18-5-3-15;/h6-8,13,18H,2-5,9H2,1H3;1H. The van der Waals surface area contributed by atoms with Gasteiger partial charge >= 0.3 is 0 Å². The zero-order valence-corrected chi connectivity index (χ0v) is 12.7. The molecule has 2 aliphatic heterocycles. The number of amides is 1. The maximum absolute atomic E-state index is 13.5. The number of piperidine rings is 1. The molecule has 2 heterocycles. The third-order valence-corrected chi connectivity index (χ3v) is 4.68. The molecule has 2 fully saturated rings. The molecule has 1 aromatic rings. The molecule has 6 heteroatoms. The lowest BCUT2D eigenvalue weighted by Gasteiger charge is -2.36. The normalized spacial score (nSPS) is 24.2. The average molecular weight is 317 g/mol. The van der Waals surface area contributed by atoms with E-state index in [0.717, 1.165) is 32.0 Å². The largest absolute Gasteiger partial charge is 0.345 e. The molecule has 3 nitrogen and oxygen atoms in total. The lowest BCUT2D eigenvalue weighted by Crippen LogP contribution is -2.44. The van der Waals surface area contributed by atoms with E-state index >= 15 is 0 Å². The average Bonchev–Trinajstić information content (AvgIpc) is 2.64. The van der Waals surface area contributed by atoms with E-state index in [-0.39, 0.29) is 24.2 Å². The van der Waals surface area contributed by atoms with E-state index < -0.39 is 17.0 Å². The van der Waals surface area contributed by atoms with Gasteiger partial charge in [-0.2, -0.15) is 0 Å². The molecular weight excluding hydrogens is 298 g/mol. The van der Waals surface area contributed by atoms with Gasteiger partial charge in [-0.1, -0.05) is 0 Å². The van der Waals surface area contributed by atoms with Crippen molar-refractivity contribution in [2.75, 3.05) is 26.7 Å². The second kappa shape index (κ2) is 5.89. The zero-order chi connectivity index (χ0) is 14.3. The Bertz CT molecular complexity index is 526. The highest BCUT2D eigenvalue weighted by Crippen LogP contribution is 2.49. The number of hydrogen-bond donors (Lipinski definition) is 1. The van der Waals surface area contributed by atoms with Crippen LogP contribution in [0.15, 0.2) is 18.2 Å². The van der Waals surface area contributed by atoms with Gasteiger partial charge in [0, 0.05) is 25.6 Å². The Kier molecular flexibility index (Phi) is 4.54. The Labute approximate surface area is 129 Å². The van der Waals surface area contributed by atoms with E-state index in [9.17, 15) is 13.6 Å². The number of nitrogens with one attached hydrogen (secondary N) is 1. The van der Waals surface area contributed by atoms with E-state index in [2.05, 4.69) is 5.32 Å². The van der Waals surface area contributed by atoms with Crippen molar-refractivity contribution in [1.82, 2.24) is 10.2 Å². The predicted molar refractivity (Wildman–Crippen MR) is 78.5 cm³/mol. The summed E-state index contributed by atoms with van der Waals surface area (Å²) in [6.07, 6.45) is 1.44. The molecule has 0 aliphatic carbocycles. The fraction of sp³-hybridized carbons (Fsp3) is 0.533. The van der Waals surface area contributed by atoms with Crippen LogP contribution >= 0.6 is 12.4 Å². The molecule has 0 saturated carbocycles. The highest BCUT2D eigenvalue weighted by molar-refractivity contribution is 5.86. The molecular formula is C15H19ClF2N2O. The van der Waals surface area contributed by atoms with Gasteiger partial charge in [0.1, 0.15) is 11.6 Å². The van der Waals surface area contributed by atoms with Crippen molar-refractivity contribution in [2.45, 2.75) is 18.8 Å². The molecule has 2 aliphatic rings. The molecule has 0 aromatic heterocycles. The second-order valence-corrected chi connectivity index (χ2v) is 5.85. The van der Waals surface area contributed by atoms with Gasteiger partial charge in [0.05, 0.1) is 5.41 Å². The summed E-state index contributed by atoms with van der Waals surface area (Å²) in [5.41, 5.74) is 0.0994. The molecule has 3 rings (SSSR count). The zero-order valence-electron chi connectivity index (χ0n) is 11.9. The minimum Gasteiger partial charge on any atom is -0.345 e. The third kappa shape index (κ3) is 2.64. The summed E-state index contributed by atoms with van der Waals surface area (Å²) >= 11 is 0. The van der Waals surface area contributed by atoms with Crippen LogP contribution in [-0.2, 0) is 4.79 Å². The van der Waals surface area contributed by atoms with Crippen molar-refractivity contribution in [2.24, 2.45) is 5.41 Å². The summed E-state index contributed by atoms with van der Waals surface area (Å²) in [5.74, 6) is -1.18. The molecule has 0 bridgehead atoms. The molecule has 0 radical (unpaired) electrons. The first-order valence-electron chi connectivity index (χ1n) is 6.95. The van der Waals surface area contributed by atoms with Crippen molar-refractivity contribution >= 4 is 18.3 Å². The number of halogens is 3. The summed E-state index contributed by atoms with van der Waals surface area (Å²) in [6.45, 7) is 2.07. The van der Waals surface area contributed by atoms with Crippen LogP contribution < -0.4 is 5.32 Å². The highest BCUT2D eigenvalue weighted by atomic mass is 35.5. The highest BCUT2D eigenvalue weighted by Gasteiger charge is 2.53. The third-order valence-electron chi connectivity index (χ3n) is 4.68. The quantitative estimate of drug-likeness (QED) is 0.862. The summed E-state index contributed by atoms with van der Waals surface area (Å²) < 4.78 is 27.0. The van der Waals surface area contributed by atoms with Gasteiger partial charge < -0.3 is 10.2 Å². The smallest absolute Gasteiger partial charge is 0.229 e. The Morgan fingerprint density at radius 1 is 1.19 bits per heavy atom. The molecule has 2 saturated heterocycles. The maximum Gasteiger partial charge on any atom is 0.229 e. The number of carbonyl (C=O) groups is 1. The van der Waals surface area contributed by atoms with E-state index in [4.69, 9.17) is 0 Å². The Morgan fingerprint density at radius 2 is 1.76 bits per heavy atom. The van der Waals surface area contributed by atoms with Crippen LogP contribution in [0.1, 0.15) is 24.3 Å². The van der Waals surface area contributed by atoms with Crippen LogP contribution in [0.2, 0.25) is 0 Å². The molecule has 1 spiro atoms. The van der Waals surface area contributed by atoms with Crippen molar-refractivity contribution in [3.8, 4) is 0 Å². The van der Waals surface area contributed by atoms with Gasteiger partial charge in [-0.05, 0) is 43.6 Å². The van der Waals surface area contributed by atoms with Gasteiger partial charge in [-0.15, -0.1) is 12.4 Å². The Hall–Kier alpha value is -1.20. The van der Waals surface area contributed by atoms with Gasteiger partial charge in [-0.3, -0.25) is 4.79 Å². The molecule has 1 aromatic carbocycles. The predicted octanol–water partition coefficient (Wildman–Crippen LogP) is 2.31. The lowest BCUT2D eigenvalue weighted by molar-refractivity contribution is -0.136. The van der Waals surface area contributed by atoms with Crippen LogP contribution in [0.5, 0.6) is 0 Å². The minimum atomic E-state index is -0.578. The number of likely N-dealkylation sites (tertiary alicyclic amines) is 1. The lowest BCUT2D eigenvalue weighted by atomic mass is 9.68. The summed E-state index contributed by atoms with van der Waals surface area (Å²) in [6, 6.07) is 3.60. The maximum atomic E-state index is 13.5. The molecule has 21 heavy (non-hydrogen) atoms.